The topological polar surface area (TPSA) is 67.7 Å². The highest BCUT2D eigenvalue weighted by Gasteiger charge is 2.41. The Morgan fingerprint density at radius 1 is 1.08 bits per heavy atom. The molecule has 0 spiro atoms. The number of methoxy groups -OCH3 is 1. The summed E-state index contributed by atoms with van der Waals surface area (Å²) in [5.74, 6) is 1.61. The fourth-order valence-electron chi connectivity index (χ4n) is 5.54. The van der Waals surface area contributed by atoms with Crippen molar-refractivity contribution >= 4 is 29.4 Å². The van der Waals surface area contributed by atoms with Gasteiger partial charge >= 0.3 is 0 Å². The maximum Gasteiger partial charge on any atom is 0.242 e. The number of para-hydroxylation sites is 1. The van der Waals surface area contributed by atoms with Crippen molar-refractivity contribution in [1.82, 2.24) is 14.7 Å². The molecule has 206 valence electrons. The summed E-state index contributed by atoms with van der Waals surface area (Å²) >= 11 is 1.58. The lowest BCUT2D eigenvalue weighted by Crippen LogP contribution is -2.43. The first-order valence-corrected chi connectivity index (χ1v) is 14.7. The van der Waals surface area contributed by atoms with Gasteiger partial charge in [0.1, 0.15) is 18.1 Å². The molecule has 5 rings (SSSR count). The highest BCUT2D eigenvalue weighted by atomic mass is 32.2. The molecule has 1 atom stereocenters. The van der Waals surface area contributed by atoms with Gasteiger partial charge in [-0.25, -0.2) is 4.68 Å². The van der Waals surface area contributed by atoms with Crippen LogP contribution in [0.1, 0.15) is 66.8 Å². The highest BCUT2D eigenvalue weighted by Crippen LogP contribution is 2.50. The van der Waals surface area contributed by atoms with Crippen molar-refractivity contribution < 1.29 is 14.3 Å². The Bertz CT molecular complexity index is 1400. The van der Waals surface area contributed by atoms with Crippen LogP contribution in [0.25, 0.3) is 5.69 Å². The molecule has 1 aromatic heterocycles. The van der Waals surface area contributed by atoms with Crippen LogP contribution in [0.5, 0.6) is 5.75 Å². The molecule has 2 aromatic carbocycles. The molecular formula is C31H38N4O3S. The van der Waals surface area contributed by atoms with Gasteiger partial charge in [-0.05, 0) is 49.9 Å². The molecule has 0 radical (unpaired) electrons. The number of aromatic nitrogens is 2. The van der Waals surface area contributed by atoms with Gasteiger partial charge in [0.2, 0.25) is 11.8 Å². The summed E-state index contributed by atoms with van der Waals surface area (Å²) in [7, 11) is 1.68. The van der Waals surface area contributed by atoms with Gasteiger partial charge in [-0.15, -0.1) is 11.8 Å². The van der Waals surface area contributed by atoms with E-state index in [0.29, 0.717) is 5.82 Å². The van der Waals surface area contributed by atoms with Crippen LogP contribution in [-0.2, 0) is 15.0 Å². The number of nitrogens with zero attached hydrogens (tertiary/aromatic N) is 4. The molecule has 0 N–H and O–H groups in total. The molecule has 0 saturated carbocycles. The number of anilines is 1. The number of rotatable bonds is 5. The highest BCUT2D eigenvalue weighted by molar-refractivity contribution is 8.00. The van der Waals surface area contributed by atoms with Crippen molar-refractivity contribution in [2.45, 2.75) is 58.1 Å². The van der Waals surface area contributed by atoms with E-state index in [1.165, 1.54) is 0 Å². The molecule has 0 unspecified atom stereocenters. The molecule has 7 nitrogen and oxygen atoms in total. The van der Waals surface area contributed by atoms with Crippen molar-refractivity contribution in [2.75, 3.05) is 37.4 Å². The van der Waals surface area contributed by atoms with E-state index in [-0.39, 0.29) is 34.8 Å². The number of thioether (sulfide) groups is 1. The third kappa shape index (κ3) is 5.07. The maximum atomic E-state index is 13.9. The molecule has 0 bridgehead atoms. The zero-order valence-corrected chi connectivity index (χ0v) is 24.6. The number of amides is 2. The fraction of sp³-hybridized carbons (Fsp3) is 0.452. The summed E-state index contributed by atoms with van der Waals surface area (Å²) < 4.78 is 7.71. The second-order valence-electron chi connectivity index (χ2n) is 11.5. The Morgan fingerprint density at radius 3 is 2.49 bits per heavy atom. The van der Waals surface area contributed by atoms with Crippen molar-refractivity contribution in [3.05, 3.63) is 70.4 Å². The third-order valence-electron chi connectivity index (χ3n) is 7.78. The first kappa shape index (κ1) is 27.3. The predicted octanol–water partition coefficient (Wildman–Crippen LogP) is 5.59. The standard InChI is InChI=1S/C31H38N4O3S/c1-20-12-11-14-23(21(20)2)35-30-27(29(32-35)31(3,4)5)28(22-13-7-8-15-24(22)38-6)39-19-26(37)34(30)18-25(36)33-16-9-10-17-33/h7-8,11-15,28H,9-10,16-19H2,1-6H3/t28-/m1/s1. The molecule has 8 heteroatoms. The summed E-state index contributed by atoms with van der Waals surface area (Å²) in [6, 6.07) is 14.1. The molecule has 1 saturated heterocycles. The SMILES string of the molecule is COc1ccccc1[C@H]1SCC(=O)N(CC(=O)N2CCCC2)c2c1c(C(C)(C)C)nn2-c1cccc(C)c1C. The first-order valence-electron chi connectivity index (χ1n) is 13.6. The van der Waals surface area contributed by atoms with E-state index in [2.05, 4.69) is 46.8 Å². The zero-order chi connectivity index (χ0) is 27.9. The molecule has 39 heavy (non-hydrogen) atoms. The van der Waals surface area contributed by atoms with E-state index in [9.17, 15) is 9.59 Å². The van der Waals surface area contributed by atoms with Crippen LogP contribution in [0.2, 0.25) is 0 Å². The number of hydrogen-bond acceptors (Lipinski definition) is 5. The Labute approximate surface area is 235 Å². The smallest absolute Gasteiger partial charge is 0.242 e. The van der Waals surface area contributed by atoms with E-state index in [1.54, 1.807) is 23.8 Å². The first-order chi connectivity index (χ1) is 18.6. The van der Waals surface area contributed by atoms with E-state index >= 15 is 0 Å². The number of fused-ring (bicyclic) bond motifs is 1. The van der Waals surface area contributed by atoms with Crippen LogP contribution in [-0.4, -0.2) is 59.0 Å². The van der Waals surface area contributed by atoms with E-state index < -0.39 is 0 Å². The van der Waals surface area contributed by atoms with E-state index in [1.807, 2.05) is 39.9 Å². The van der Waals surface area contributed by atoms with Crippen LogP contribution in [0.3, 0.4) is 0 Å². The molecule has 3 aromatic rings. The van der Waals surface area contributed by atoms with Gasteiger partial charge in [0, 0.05) is 29.6 Å². The quantitative estimate of drug-likeness (QED) is 0.418. The summed E-state index contributed by atoms with van der Waals surface area (Å²) in [4.78, 5) is 31.0. The van der Waals surface area contributed by atoms with Gasteiger partial charge in [0.25, 0.3) is 0 Å². The average molecular weight is 547 g/mol. The number of carbonyl (C=O) groups excluding carboxylic acids is 2. The minimum atomic E-state index is -0.314. The summed E-state index contributed by atoms with van der Waals surface area (Å²) in [5.41, 5.74) is 5.72. The van der Waals surface area contributed by atoms with E-state index in [0.717, 1.165) is 65.3 Å². The Kier molecular flexibility index (Phi) is 7.51. The molecule has 0 aliphatic carbocycles. The summed E-state index contributed by atoms with van der Waals surface area (Å²) in [6.07, 6.45) is 2.01. The average Bonchev–Trinajstić information content (AvgIpc) is 3.56. The second kappa shape index (κ2) is 10.7. The lowest BCUT2D eigenvalue weighted by atomic mass is 9.87. The normalized spacial score (nSPS) is 17.8. The zero-order valence-electron chi connectivity index (χ0n) is 23.8. The molecule has 3 heterocycles. The lowest BCUT2D eigenvalue weighted by molar-refractivity contribution is -0.130. The number of hydrogen-bond donors (Lipinski definition) is 0. The number of ether oxygens (including phenoxy) is 1. The predicted molar refractivity (Wildman–Crippen MR) is 157 cm³/mol. The summed E-state index contributed by atoms with van der Waals surface area (Å²) in [5, 5.41) is 5.05. The molecule has 2 amide bonds. The molecule has 2 aliphatic heterocycles. The maximum absolute atomic E-state index is 13.9. The van der Waals surface area contributed by atoms with Crippen molar-refractivity contribution in [3.8, 4) is 11.4 Å². The monoisotopic (exact) mass is 546 g/mol. The van der Waals surface area contributed by atoms with Gasteiger partial charge in [0.15, 0.2) is 0 Å². The Hall–Kier alpha value is -3.26. The number of likely N-dealkylation sites (tertiary alicyclic amines) is 1. The van der Waals surface area contributed by atoms with Crippen LogP contribution in [0.4, 0.5) is 5.82 Å². The minimum Gasteiger partial charge on any atom is -0.496 e. The van der Waals surface area contributed by atoms with Crippen LogP contribution in [0, 0.1) is 13.8 Å². The van der Waals surface area contributed by atoms with Crippen LogP contribution < -0.4 is 9.64 Å². The fourth-order valence-corrected chi connectivity index (χ4v) is 6.76. The largest absolute Gasteiger partial charge is 0.496 e. The lowest BCUT2D eigenvalue weighted by Gasteiger charge is -2.26. The Balaban J connectivity index is 1.80. The van der Waals surface area contributed by atoms with Gasteiger partial charge in [-0.3, -0.25) is 14.5 Å². The van der Waals surface area contributed by atoms with Gasteiger partial charge in [-0.1, -0.05) is 51.1 Å². The van der Waals surface area contributed by atoms with Gasteiger partial charge < -0.3 is 9.64 Å². The Morgan fingerprint density at radius 2 is 1.79 bits per heavy atom. The minimum absolute atomic E-state index is 0.00514. The summed E-state index contributed by atoms with van der Waals surface area (Å²) in [6.45, 7) is 12.1. The molecule has 1 fully saturated rings. The van der Waals surface area contributed by atoms with Crippen LogP contribution in [0.15, 0.2) is 42.5 Å². The van der Waals surface area contributed by atoms with Crippen molar-refractivity contribution in [3.63, 3.8) is 0 Å². The third-order valence-corrected chi connectivity index (χ3v) is 9.01. The van der Waals surface area contributed by atoms with E-state index in [4.69, 9.17) is 9.84 Å². The number of aryl methyl sites for hydroxylation is 1. The van der Waals surface area contributed by atoms with Gasteiger partial charge in [0.05, 0.1) is 29.5 Å². The van der Waals surface area contributed by atoms with Crippen LogP contribution >= 0.6 is 11.8 Å². The molecule has 2 aliphatic rings. The van der Waals surface area contributed by atoms with Crippen molar-refractivity contribution in [1.29, 1.82) is 0 Å². The number of carbonyl (C=O) groups is 2. The number of benzene rings is 2. The second-order valence-corrected chi connectivity index (χ2v) is 12.6. The van der Waals surface area contributed by atoms with Gasteiger partial charge in [-0.2, -0.15) is 5.10 Å². The van der Waals surface area contributed by atoms with Crippen molar-refractivity contribution in [2.24, 2.45) is 0 Å². The molecular weight excluding hydrogens is 508 g/mol.